The van der Waals surface area contributed by atoms with Crippen LogP contribution in [0.2, 0.25) is 0 Å². The smallest absolute Gasteiger partial charge is 0.287 e. The number of likely N-dealkylation sites (N-methyl/N-ethyl adjacent to an activating group) is 1. The summed E-state index contributed by atoms with van der Waals surface area (Å²) in [6.45, 7) is 10.6. The van der Waals surface area contributed by atoms with Gasteiger partial charge >= 0.3 is 0 Å². The van der Waals surface area contributed by atoms with Crippen LogP contribution < -0.4 is 10.2 Å². The molecule has 1 amide bonds. The summed E-state index contributed by atoms with van der Waals surface area (Å²) in [6.07, 6.45) is 0. The maximum absolute atomic E-state index is 12.5. The molecular weight excluding hydrogens is 380 g/mol. The Morgan fingerprint density at radius 2 is 1.76 bits per heavy atom. The van der Waals surface area contributed by atoms with Crippen LogP contribution in [0.15, 0.2) is 69.0 Å². The lowest BCUT2D eigenvalue weighted by Crippen LogP contribution is -2.34. The summed E-state index contributed by atoms with van der Waals surface area (Å²) in [5.74, 6) is 0.163. The second-order valence-electron chi connectivity index (χ2n) is 7.12. The van der Waals surface area contributed by atoms with Crippen LogP contribution in [0, 0.1) is 20.8 Å². The first-order valence-electron chi connectivity index (χ1n) is 9.91. The normalized spacial score (nSPS) is 10.8. The number of aryl methyl sites for hydroxylation is 3. The van der Waals surface area contributed by atoms with Gasteiger partial charge in [0, 0.05) is 30.2 Å². The second-order valence-corrected chi connectivity index (χ2v) is 8.13. The lowest BCUT2D eigenvalue weighted by molar-refractivity contribution is 0.0922. The fourth-order valence-electron chi connectivity index (χ4n) is 3.24. The minimum atomic E-state index is -0.182. The number of hydrogen-bond acceptors (Lipinski definition) is 4. The van der Waals surface area contributed by atoms with Crippen LogP contribution in [0.3, 0.4) is 0 Å². The highest BCUT2D eigenvalue weighted by atomic mass is 32.2. The molecule has 3 aromatic rings. The summed E-state index contributed by atoms with van der Waals surface area (Å²) in [6, 6.07) is 18.2. The molecule has 4 nitrogen and oxygen atoms in total. The zero-order valence-corrected chi connectivity index (χ0v) is 18.3. The molecule has 5 heteroatoms. The zero-order chi connectivity index (χ0) is 20.8. The van der Waals surface area contributed by atoms with Gasteiger partial charge in [-0.25, -0.2) is 0 Å². The molecule has 1 aromatic heterocycles. The average Bonchev–Trinajstić information content (AvgIpc) is 3.17. The average molecular weight is 409 g/mol. The van der Waals surface area contributed by atoms with Gasteiger partial charge in [-0.1, -0.05) is 42.1 Å². The van der Waals surface area contributed by atoms with E-state index in [-0.39, 0.29) is 5.91 Å². The third kappa shape index (κ3) is 5.45. The topological polar surface area (TPSA) is 45.5 Å². The van der Waals surface area contributed by atoms with Crippen molar-refractivity contribution in [2.75, 3.05) is 24.5 Å². The SMILES string of the molecule is CCN(CCNC(=O)c1ccc(Sc2c(C)cccc2C)o1)c1cccc(C)c1. The molecule has 0 saturated carbocycles. The maximum Gasteiger partial charge on any atom is 0.287 e. The third-order valence-corrected chi connectivity index (χ3v) is 6.10. The predicted molar refractivity (Wildman–Crippen MR) is 120 cm³/mol. The van der Waals surface area contributed by atoms with Crippen molar-refractivity contribution in [2.24, 2.45) is 0 Å². The van der Waals surface area contributed by atoms with E-state index in [2.05, 4.69) is 74.3 Å². The van der Waals surface area contributed by atoms with Gasteiger partial charge in [0.1, 0.15) is 0 Å². The Morgan fingerprint density at radius 1 is 1.03 bits per heavy atom. The Bertz CT molecular complexity index is 960. The molecule has 1 N–H and O–H groups in total. The summed E-state index contributed by atoms with van der Waals surface area (Å²) in [5.41, 5.74) is 4.81. The number of nitrogens with zero attached hydrogens (tertiary/aromatic N) is 1. The molecule has 29 heavy (non-hydrogen) atoms. The van der Waals surface area contributed by atoms with Crippen molar-refractivity contribution in [1.82, 2.24) is 5.32 Å². The molecule has 3 rings (SSSR count). The van der Waals surface area contributed by atoms with Crippen LogP contribution in [0.1, 0.15) is 34.2 Å². The van der Waals surface area contributed by atoms with Gasteiger partial charge in [-0.2, -0.15) is 0 Å². The van der Waals surface area contributed by atoms with E-state index in [1.807, 2.05) is 12.1 Å². The molecule has 0 radical (unpaired) electrons. The Balaban J connectivity index is 1.56. The van der Waals surface area contributed by atoms with Crippen molar-refractivity contribution in [3.8, 4) is 0 Å². The number of rotatable bonds is 8. The Morgan fingerprint density at radius 3 is 2.45 bits per heavy atom. The third-order valence-electron chi connectivity index (χ3n) is 4.83. The van der Waals surface area contributed by atoms with E-state index in [0.717, 1.165) is 18.2 Å². The standard InChI is InChI=1S/C24H28N2O2S/c1-5-26(20-11-6-8-17(2)16-20)15-14-25-24(27)21-12-13-22(28-21)29-23-18(3)9-7-10-19(23)4/h6-13,16H,5,14-15H2,1-4H3,(H,25,27). The fraction of sp³-hybridized carbons (Fsp3) is 0.292. The van der Waals surface area contributed by atoms with Gasteiger partial charge in [-0.15, -0.1) is 0 Å². The number of nitrogens with one attached hydrogen (secondary N) is 1. The number of amides is 1. The van der Waals surface area contributed by atoms with E-state index in [4.69, 9.17) is 4.42 Å². The van der Waals surface area contributed by atoms with E-state index in [1.54, 1.807) is 17.8 Å². The molecule has 0 unspecified atom stereocenters. The van der Waals surface area contributed by atoms with Crippen molar-refractivity contribution < 1.29 is 9.21 Å². The van der Waals surface area contributed by atoms with Gasteiger partial charge in [0.25, 0.3) is 5.91 Å². The summed E-state index contributed by atoms with van der Waals surface area (Å²) in [5, 5.41) is 3.69. The van der Waals surface area contributed by atoms with Gasteiger partial charge in [-0.3, -0.25) is 4.79 Å². The highest BCUT2D eigenvalue weighted by Gasteiger charge is 2.14. The minimum Gasteiger partial charge on any atom is -0.444 e. The molecule has 0 spiro atoms. The number of carbonyl (C=O) groups is 1. The quantitative estimate of drug-likeness (QED) is 0.526. The summed E-state index contributed by atoms with van der Waals surface area (Å²) >= 11 is 1.56. The highest BCUT2D eigenvalue weighted by molar-refractivity contribution is 7.99. The second kappa shape index (κ2) is 9.70. The van der Waals surface area contributed by atoms with Gasteiger partial charge < -0.3 is 14.6 Å². The van der Waals surface area contributed by atoms with Crippen LogP contribution in [0.5, 0.6) is 0 Å². The Kier molecular flexibility index (Phi) is 7.04. The number of benzene rings is 2. The molecule has 0 fully saturated rings. The van der Waals surface area contributed by atoms with Crippen molar-refractivity contribution in [3.63, 3.8) is 0 Å². The molecular formula is C24H28N2O2S. The number of furan rings is 1. The lowest BCUT2D eigenvalue weighted by atomic mass is 10.2. The van der Waals surface area contributed by atoms with E-state index in [0.29, 0.717) is 12.3 Å². The van der Waals surface area contributed by atoms with Gasteiger partial charge in [-0.05, 0) is 68.7 Å². The first-order chi connectivity index (χ1) is 14.0. The largest absolute Gasteiger partial charge is 0.444 e. The van der Waals surface area contributed by atoms with E-state index >= 15 is 0 Å². The lowest BCUT2D eigenvalue weighted by Gasteiger charge is -2.23. The first kappa shape index (κ1) is 21.1. The van der Waals surface area contributed by atoms with E-state index in [9.17, 15) is 4.79 Å². The predicted octanol–water partition coefficient (Wildman–Crippen LogP) is 5.61. The Labute approximate surface area is 177 Å². The molecule has 0 aliphatic heterocycles. The fourth-order valence-corrected chi connectivity index (χ4v) is 4.17. The summed E-state index contributed by atoms with van der Waals surface area (Å²) in [7, 11) is 0. The van der Waals surface area contributed by atoms with Crippen molar-refractivity contribution in [1.29, 1.82) is 0 Å². The van der Waals surface area contributed by atoms with Gasteiger partial charge in [0.2, 0.25) is 0 Å². The van der Waals surface area contributed by atoms with Crippen molar-refractivity contribution in [2.45, 2.75) is 37.7 Å². The Hall–Kier alpha value is -2.66. The van der Waals surface area contributed by atoms with Crippen LogP contribution in [0.25, 0.3) is 0 Å². The van der Waals surface area contributed by atoms with E-state index < -0.39 is 0 Å². The number of carbonyl (C=O) groups excluding carboxylic acids is 1. The maximum atomic E-state index is 12.5. The summed E-state index contributed by atoms with van der Waals surface area (Å²) in [4.78, 5) is 15.9. The monoisotopic (exact) mass is 408 g/mol. The van der Waals surface area contributed by atoms with Crippen LogP contribution in [-0.2, 0) is 0 Å². The van der Waals surface area contributed by atoms with E-state index in [1.165, 1.54) is 27.3 Å². The molecule has 0 aliphatic carbocycles. The molecule has 1 heterocycles. The number of hydrogen-bond donors (Lipinski definition) is 1. The van der Waals surface area contributed by atoms with Crippen LogP contribution >= 0.6 is 11.8 Å². The number of anilines is 1. The molecule has 152 valence electrons. The molecule has 0 bridgehead atoms. The molecule has 0 saturated heterocycles. The van der Waals surface area contributed by atoms with Gasteiger partial charge in [0.15, 0.2) is 10.9 Å². The molecule has 2 aromatic carbocycles. The minimum absolute atomic E-state index is 0.182. The molecule has 0 atom stereocenters. The highest BCUT2D eigenvalue weighted by Crippen LogP contribution is 2.33. The summed E-state index contributed by atoms with van der Waals surface area (Å²) < 4.78 is 5.78. The first-order valence-corrected chi connectivity index (χ1v) is 10.7. The zero-order valence-electron chi connectivity index (χ0n) is 17.5. The van der Waals surface area contributed by atoms with Crippen LogP contribution in [-0.4, -0.2) is 25.5 Å². The molecule has 0 aliphatic rings. The van der Waals surface area contributed by atoms with Crippen molar-refractivity contribution >= 4 is 23.4 Å². The van der Waals surface area contributed by atoms with Gasteiger partial charge in [0.05, 0.1) is 0 Å². The van der Waals surface area contributed by atoms with Crippen molar-refractivity contribution in [3.05, 3.63) is 77.0 Å². The van der Waals surface area contributed by atoms with Crippen LogP contribution in [0.4, 0.5) is 5.69 Å².